The van der Waals surface area contributed by atoms with E-state index in [2.05, 4.69) is 5.48 Å². The van der Waals surface area contributed by atoms with Gasteiger partial charge in [0.25, 0.3) is 0 Å². The van der Waals surface area contributed by atoms with Gasteiger partial charge >= 0.3 is 0 Å². The highest BCUT2D eigenvalue weighted by atomic mass is 16.7. The minimum atomic E-state index is -0.308. The summed E-state index contributed by atoms with van der Waals surface area (Å²) >= 11 is 0. The first-order chi connectivity index (χ1) is 8.84. The van der Waals surface area contributed by atoms with Gasteiger partial charge in [-0.05, 0) is 82.5 Å². The molecule has 4 rings (SSSR count). The Kier molecular flexibility index (Phi) is 3.16. The van der Waals surface area contributed by atoms with Gasteiger partial charge in [-0.15, -0.1) is 0 Å². The van der Waals surface area contributed by atoms with Gasteiger partial charge in [0.1, 0.15) is 0 Å². The molecule has 0 aromatic rings. The molecule has 0 aromatic heterocycles. The van der Waals surface area contributed by atoms with Crippen molar-refractivity contribution in [2.75, 3.05) is 0 Å². The summed E-state index contributed by atoms with van der Waals surface area (Å²) in [6.07, 6.45) is 8.80. The maximum atomic E-state index is 12.1. The molecule has 3 nitrogen and oxygen atoms in total. The van der Waals surface area contributed by atoms with E-state index in [1.165, 1.54) is 38.5 Å². The Balaban J connectivity index is 1.59. The molecular weight excluding hydrogens is 238 g/mol. The van der Waals surface area contributed by atoms with Gasteiger partial charge in [0, 0.05) is 6.42 Å². The summed E-state index contributed by atoms with van der Waals surface area (Å²) in [6, 6.07) is 0. The Bertz CT molecular complexity index is 334. The molecule has 0 heterocycles. The highest BCUT2D eigenvalue weighted by Crippen LogP contribution is 2.61. The molecule has 0 spiro atoms. The lowest BCUT2D eigenvalue weighted by Crippen LogP contribution is -2.48. The van der Waals surface area contributed by atoms with Crippen molar-refractivity contribution in [3.63, 3.8) is 0 Å². The molecule has 3 heteroatoms. The minimum Gasteiger partial charge on any atom is -0.273 e. The maximum absolute atomic E-state index is 12.1. The number of carbonyl (C=O) groups is 1. The van der Waals surface area contributed by atoms with Crippen molar-refractivity contribution in [2.24, 2.45) is 23.2 Å². The molecule has 0 aromatic carbocycles. The Hall–Kier alpha value is -0.570. The number of rotatable bonds is 3. The number of amides is 1. The normalized spacial score (nSPS) is 40.5. The Morgan fingerprint density at radius 3 is 2.00 bits per heavy atom. The lowest BCUT2D eigenvalue weighted by molar-refractivity contribution is -0.152. The summed E-state index contributed by atoms with van der Waals surface area (Å²) in [7, 11) is 0. The van der Waals surface area contributed by atoms with E-state index in [0.717, 1.165) is 17.8 Å². The Labute approximate surface area is 116 Å². The third-order valence-corrected chi connectivity index (χ3v) is 5.17. The van der Waals surface area contributed by atoms with Crippen molar-refractivity contribution in [2.45, 2.75) is 71.3 Å². The van der Waals surface area contributed by atoms with Gasteiger partial charge in [-0.25, -0.2) is 5.48 Å². The molecule has 108 valence electrons. The van der Waals surface area contributed by atoms with E-state index in [4.69, 9.17) is 4.84 Å². The number of hydrogen-bond donors (Lipinski definition) is 1. The largest absolute Gasteiger partial charge is 0.273 e. The van der Waals surface area contributed by atoms with Gasteiger partial charge < -0.3 is 0 Å². The number of carbonyl (C=O) groups excluding carboxylic acids is 1. The van der Waals surface area contributed by atoms with Gasteiger partial charge in [-0.3, -0.25) is 9.63 Å². The van der Waals surface area contributed by atoms with Crippen LogP contribution in [0.1, 0.15) is 65.7 Å². The van der Waals surface area contributed by atoms with Crippen LogP contribution in [0.15, 0.2) is 0 Å². The number of hydrogen-bond acceptors (Lipinski definition) is 2. The van der Waals surface area contributed by atoms with Crippen LogP contribution in [0.3, 0.4) is 0 Å². The zero-order valence-electron chi connectivity index (χ0n) is 12.5. The van der Waals surface area contributed by atoms with Gasteiger partial charge in [0.05, 0.1) is 5.60 Å². The molecule has 4 fully saturated rings. The predicted molar refractivity (Wildman–Crippen MR) is 74.2 cm³/mol. The number of nitrogens with one attached hydrogen (secondary N) is 1. The third kappa shape index (κ3) is 2.96. The number of hydroxylamine groups is 1. The first-order valence-corrected chi connectivity index (χ1v) is 7.80. The summed E-state index contributed by atoms with van der Waals surface area (Å²) < 4.78 is 0. The van der Waals surface area contributed by atoms with Gasteiger partial charge in [0.2, 0.25) is 5.91 Å². The molecule has 4 aliphatic carbocycles. The summed E-state index contributed by atoms with van der Waals surface area (Å²) in [4.78, 5) is 17.5. The van der Waals surface area contributed by atoms with Crippen LogP contribution in [0.4, 0.5) is 0 Å². The molecule has 0 aliphatic heterocycles. The summed E-state index contributed by atoms with van der Waals surface area (Å²) in [5, 5.41) is 0. The van der Waals surface area contributed by atoms with E-state index in [1.54, 1.807) is 0 Å². The summed E-state index contributed by atoms with van der Waals surface area (Å²) in [6.45, 7) is 5.87. The lowest BCUT2D eigenvalue weighted by Gasteiger charge is -2.56. The molecule has 1 amide bonds. The van der Waals surface area contributed by atoms with Gasteiger partial charge in [0.15, 0.2) is 0 Å². The van der Waals surface area contributed by atoms with Gasteiger partial charge in [-0.2, -0.15) is 0 Å². The summed E-state index contributed by atoms with van der Waals surface area (Å²) in [5.74, 6) is 2.80. The van der Waals surface area contributed by atoms with E-state index in [1.807, 2.05) is 20.8 Å². The first-order valence-electron chi connectivity index (χ1n) is 7.80. The third-order valence-electron chi connectivity index (χ3n) is 5.17. The zero-order valence-corrected chi connectivity index (χ0v) is 12.5. The van der Waals surface area contributed by atoms with E-state index in [0.29, 0.717) is 11.8 Å². The van der Waals surface area contributed by atoms with E-state index >= 15 is 0 Å². The fourth-order valence-corrected chi connectivity index (χ4v) is 5.09. The van der Waals surface area contributed by atoms with Crippen LogP contribution in [0.5, 0.6) is 0 Å². The van der Waals surface area contributed by atoms with E-state index in [9.17, 15) is 4.79 Å². The van der Waals surface area contributed by atoms with Crippen LogP contribution in [0.25, 0.3) is 0 Å². The molecule has 4 bridgehead atoms. The van der Waals surface area contributed by atoms with Crippen molar-refractivity contribution in [3.05, 3.63) is 0 Å². The van der Waals surface area contributed by atoms with Crippen LogP contribution in [-0.4, -0.2) is 11.5 Å². The van der Waals surface area contributed by atoms with Crippen molar-refractivity contribution in [1.29, 1.82) is 0 Å². The van der Waals surface area contributed by atoms with Crippen LogP contribution in [0, 0.1) is 23.2 Å². The van der Waals surface area contributed by atoms with Crippen molar-refractivity contribution >= 4 is 5.91 Å². The fraction of sp³-hybridized carbons (Fsp3) is 0.938. The topological polar surface area (TPSA) is 38.3 Å². The van der Waals surface area contributed by atoms with Crippen molar-refractivity contribution in [1.82, 2.24) is 5.48 Å². The van der Waals surface area contributed by atoms with Crippen LogP contribution >= 0.6 is 0 Å². The standard InChI is InChI=1S/C16H27NO2/c1-15(2,3)19-17-14(18)10-16-7-11-4-12(8-16)6-13(5-11)9-16/h11-13H,4-10H2,1-3H3,(H,17,18). The smallest absolute Gasteiger partial charge is 0.244 e. The van der Waals surface area contributed by atoms with E-state index < -0.39 is 0 Å². The van der Waals surface area contributed by atoms with Crippen molar-refractivity contribution in [3.8, 4) is 0 Å². The molecule has 0 radical (unpaired) electrons. The second-order valence-electron chi connectivity index (χ2n) is 8.33. The van der Waals surface area contributed by atoms with Gasteiger partial charge in [-0.1, -0.05) is 0 Å². The highest BCUT2D eigenvalue weighted by molar-refractivity contribution is 5.75. The monoisotopic (exact) mass is 265 g/mol. The Morgan fingerprint density at radius 2 is 1.58 bits per heavy atom. The average molecular weight is 265 g/mol. The quantitative estimate of drug-likeness (QED) is 0.794. The SMILES string of the molecule is CC(C)(C)ONC(=O)CC12CC3CC(CC(C3)C1)C2. The lowest BCUT2D eigenvalue weighted by atomic mass is 9.49. The molecule has 4 aliphatic rings. The summed E-state index contributed by atoms with van der Waals surface area (Å²) in [5.41, 5.74) is 2.66. The van der Waals surface area contributed by atoms with E-state index in [-0.39, 0.29) is 11.5 Å². The molecule has 0 atom stereocenters. The van der Waals surface area contributed by atoms with Crippen molar-refractivity contribution < 1.29 is 9.63 Å². The highest BCUT2D eigenvalue weighted by Gasteiger charge is 2.51. The molecule has 4 saturated carbocycles. The zero-order chi connectivity index (χ0) is 13.7. The van der Waals surface area contributed by atoms with Crippen LogP contribution in [0.2, 0.25) is 0 Å². The maximum Gasteiger partial charge on any atom is 0.244 e. The Morgan fingerprint density at radius 1 is 1.11 bits per heavy atom. The second-order valence-corrected chi connectivity index (χ2v) is 8.33. The van der Waals surface area contributed by atoms with Crippen LogP contribution < -0.4 is 5.48 Å². The predicted octanol–water partition coefficient (Wildman–Crippen LogP) is 3.44. The molecule has 0 saturated heterocycles. The fourth-order valence-electron chi connectivity index (χ4n) is 5.09. The first kappa shape index (κ1) is 13.4. The molecular formula is C16H27NO2. The minimum absolute atomic E-state index is 0.0804. The molecule has 1 N–H and O–H groups in total. The molecule has 0 unspecified atom stereocenters. The van der Waals surface area contributed by atoms with Crippen LogP contribution in [-0.2, 0) is 9.63 Å². The average Bonchev–Trinajstić information content (AvgIpc) is 2.22. The molecule has 19 heavy (non-hydrogen) atoms. The second kappa shape index (κ2) is 4.47.